The van der Waals surface area contributed by atoms with Crippen molar-refractivity contribution in [3.63, 3.8) is 0 Å². The number of nitrogens with zero attached hydrogens (tertiary/aromatic N) is 2. The first-order valence-electron chi connectivity index (χ1n) is 6.68. The van der Waals surface area contributed by atoms with Gasteiger partial charge in [-0.3, -0.25) is 0 Å². The summed E-state index contributed by atoms with van der Waals surface area (Å²) < 4.78 is 8.56. The fraction of sp³-hybridized carbons (Fsp3) is 0.400. The normalized spacial score (nSPS) is 12.4. The summed E-state index contributed by atoms with van der Waals surface area (Å²) in [6.45, 7) is 3.00. The van der Waals surface area contributed by atoms with Gasteiger partial charge >= 0.3 is 0 Å². The minimum atomic E-state index is 0.170. The van der Waals surface area contributed by atoms with E-state index in [1.54, 1.807) is 7.11 Å². The average molecular weight is 338 g/mol. The summed E-state index contributed by atoms with van der Waals surface area (Å²) in [6, 6.07) is 6.25. The van der Waals surface area contributed by atoms with E-state index in [2.05, 4.69) is 43.8 Å². The molecule has 20 heavy (non-hydrogen) atoms. The van der Waals surface area contributed by atoms with E-state index < -0.39 is 0 Å². The van der Waals surface area contributed by atoms with Crippen LogP contribution in [0.3, 0.4) is 0 Å². The van der Waals surface area contributed by atoms with Crippen LogP contribution in [-0.4, -0.2) is 23.2 Å². The summed E-state index contributed by atoms with van der Waals surface area (Å²) in [5.41, 5.74) is 1.16. The van der Waals surface area contributed by atoms with Gasteiger partial charge in [-0.15, -0.1) is 0 Å². The molecule has 1 N–H and O–H groups in total. The van der Waals surface area contributed by atoms with E-state index in [1.807, 2.05) is 31.6 Å². The van der Waals surface area contributed by atoms with Crippen LogP contribution in [0.2, 0.25) is 0 Å². The standard InChI is InChI=1S/C15H20BrN3O/c1-4-17-13(15-18-7-8-19(15)2)10-11-9-12(16)5-6-14(11)20-3/h5-9,13,17H,4,10H2,1-3H3. The second-order valence-corrected chi connectivity index (χ2v) is 5.58. The van der Waals surface area contributed by atoms with Crippen LogP contribution in [-0.2, 0) is 13.5 Å². The molecule has 4 nitrogen and oxygen atoms in total. The van der Waals surface area contributed by atoms with E-state index in [0.717, 1.165) is 34.6 Å². The molecule has 0 aliphatic rings. The molecule has 0 amide bonds. The highest BCUT2D eigenvalue weighted by molar-refractivity contribution is 9.10. The number of halogens is 1. The molecule has 2 aromatic rings. The predicted molar refractivity (Wildman–Crippen MR) is 84.0 cm³/mol. The van der Waals surface area contributed by atoms with Crippen LogP contribution >= 0.6 is 15.9 Å². The van der Waals surface area contributed by atoms with Crippen molar-refractivity contribution in [3.05, 3.63) is 46.5 Å². The molecule has 0 radical (unpaired) electrons. The van der Waals surface area contributed by atoms with Gasteiger partial charge in [-0.1, -0.05) is 22.9 Å². The second-order valence-electron chi connectivity index (χ2n) is 4.67. The summed E-state index contributed by atoms with van der Waals surface area (Å²) in [4.78, 5) is 4.46. The van der Waals surface area contributed by atoms with E-state index in [9.17, 15) is 0 Å². The zero-order chi connectivity index (χ0) is 14.5. The number of aromatic nitrogens is 2. The molecule has 0 fully saturated rings. The summed E-state index contributed by atoms with van der Waals surface area (Å²) in [6.07, 6.45) is 4.64. The lowest BCUT2D eigenvalue weighted by Crippen LogP contribution is -2.25. The number of hydrogen-bond donors (Lipinski definition) is 1. The van der Waals surface area contributed by atoms with Crippen LogP contribution in [0.15, 0.2) is 35.1 Å². The molecule has 2 rings (SSSR count). The molecule has 108 valence electrons. The van der Waals surface area contributed by atoms with E-state index in [4.69, 9.17) is 4.74 Å². The zero-order valence-electron chi connectivity index (χ0n) is 12.1. The fourth-order valence-corrected chi connectivity index (χ4v) is 2.75. The van der Waals surface area contributed by atoms with Crippen molar-refractivity contribution in [3.8, 4) is 5.75 Å². The number of imidazole rings is 1. The number of rotatable bonds is 6. The summed E-state index contributed by atoms with van der Waals surface area (Å²) >= 11 is 3.52. The van der Waals surface area contributed by atoms with Crippen molar-refractivity contribution in [2.24, 2.45) is 7.05 Å². The largest absolute Gasteiger partial charge is 0.496 e. The van der Waals surface area contributed by atoms with Crippen LogP contribution < -0.4 is 10.1 Å². The van der Waals surface area contributed by atoms with Crippen molar-refractivity contribution >= 4 is 15.9 Å². The quantitative estimate of drug-likeness (QED) is 0.880. The minimum Gasteiger partial charge on any atom is -0.496 e. The van der Waals surface area contributed by atoms with Crippen LogP contribution in [0.5, 0.6) is 5.75 Å². The molecule has 0 saturated carbocycles. The Kier molecular flexibility index (Phi) is 5.20. The topological polar surface area (TPSA) is 39.1 Å². The monoisotopic (exact) mass is 337 g/mol. The molecule has 1 atom stereocenters. The van der Waals surface area contributed by atoms with Gasteiger partial charge in [0.25, 0.3) is 0 Å². The number of nitrogens with one attached hydrogen (secondary N) is 1. The number of methoxy groups -OCH3 is 1. The zero-order valence-corrected chi connectivity index (χ0v) is 13.6. The highest BCUT2D eigenvalue weighted by Gasteiger charge is 2.17. The minimum absolute atomic E-state index is 0.170. The summed E-state index contributed by atoms with van der Waals surface area (Å²) in [5.74, 6) is 1.94. The van der Waals surface area contributed by atoms with Gasteiger partial charge in [0.15, 0.2) is 0 Å². The lowest BCUT2D eigenvalue weighted by atomic mass is 10.0. The first-order chi connectivity index (χ1) is 9.65. The molecule has 1 heterocycles. The molecule has 1 aromatic carbocycles. The maximum atomic E-state index is 5.45. The SMILES string of the molecule is CCNC(Cc1cc(Br)ccc1OC)c1nccn1C. The molecule has 0 bridgehead atoms. The van der Waals surface area contributed by atoms with Gasteiger partial charge in [0.05, 0.1) is 13.2 Å². The molecule has 0 aliphatic carbocycles. The molecule has 0 saturated heterocycles. The van der Waals surface area contributed by atoms with E-state index >= 15 is 0 Å². The maximum absolute atomic E-state index is 5.45. The Bertz CT molecular complexity index is 568. The number of hydrogen-bond acceptors (Lipinski definition) is 3. The predicted octanol–water partition coefficient (Wildman–Crippen LogP) is 3.08. The Labute approximate surface area is 128 Å². The maximum Gasteiger partial charge on any atom is 0.125 e. The van der Waals surface area contributed by atoms with Crippen molar-refractivity contribution in [1.82, 2.24) is 14.9 Å². The third-order valence-electron chi connectivity index (χ3n) is 3.29. The van der Waals surface area contributed by atoms with Crippen molar-refractivity contribution in [2.45, 2.75) is 19.4 Å². The van der Waals surface area contributed by atoms with Crippen LogP contribution in [0.4, 0.5) is 0 Å². The van der Waals surface area contributed by atoms with E-state index in [1.165, 1.54) is 0 Å². The average Bonchev–Trinajstić information content (AvgIpc) is 2.85. The lowest BCUT2D eigenvalue weighted by Gasteiger charge is -2.19. The van der Waals surface area contributed by atoms with Gasteiger partial charge in [0.2, 0.25) is 0 Å². The molecule has 0 aliphatic heterocycles. The fourth-order valence-electron chi connectivity index (χ4n) is 2.34. The van der Waals surface area contributed by atoms with Crippen molar-refractivity contribution in [2.75, 3.05) is 13.7 Å². The van der Waals surface area contributed by atoms with Crippen LogP contribution in [0.25, 0.3) is 0 Å². The first-order valence-corrected chi connectivity index (χ1v) is 7.48. The van der Waals surface area contributed by atoms with Crippen molar-refractivity contribution < 1.29 is 4.74 Å². The number of benzene rings is 1. The van der Waals surface area contributed by atoms with E-state index in [0.29, 0.717) is 0 Å². The smallest absolute Gasteiger partial charge is 0.125 e. The molecular weight excluding hydrogens is 318 g/mol. The Morgan fingerprint density at radius 1 is 1.45 bits per heavy atom. The van der Waals surface area contributed by atoms with Gasteiger partial charge < -0.3 is 14.6 Å². The number of ether oxygens (including phenoxy) is 1. The Morgan fingerprint density at radius 2 is 2.25 bits per heavy atom. The number of likely N-dealkylation sites (N-methyl/N-ethyl adjacent to an activating group) is 1. The highest BCUT2D eigenvalue weighted by atomic mass is 79.9. The highest BCUT2D eigenvalue weighted by Crippen LogP contribution is 2.27. The molecule has 0 spiro atoms. The van der Waals surface area contributed by atoms with Crippen LogP contribution in [0, 0.1) is 0 Å². The first kappa shape index (κ1) is 15.1. The third-order valence-corrected chi connectivity index (χ3v) is 3.78. The van der Waals surface area contributed by atoms with Gasteiger partial charge in [0.1, 0.15) is 11.6 Å². The molecule has 1 unspecified atom stereocenters. The van der Waals surface area contributed by atoms with Crippen LogP contribution in [0.1, 0.15) is 24.4 Å². The molecule has 1 aromatic heterocycles. The molecular formula is C15H20BrN3O. The van der Waals surface area contributed by atoms with Gasteiger partial charge in [-0.05, 0) is 36.7 Å². The second kappa shape index (κ2) is 6.90. The van der Waals surface area contributed by atoms with Crippen molar-refractivity contribution in [1.29, 1.82) is 0 Å². The summed E-state index contributed by atoms with van der Waals surface area (Å²) in [5, 5.41) is 3.49. The lowest BCUT2D eigenvalue weighted by molar-refractivity contribution is 0.404. The molecule has 5 heteroatoms. The van der Waals surface area contributed by atoms with Gasteiger partial charge in [-0.25, -0.2) is 4.98 Å². The van der Waals surface area contributed by atoms with Gasteiger partial charge in [0, 0.05) is 23.9 Å². The Hall–Kier alpha value is -1.33. The summed E-state index contributed by atoms with van der Waals surface area (Å²) in [7, 11) is 3.72. The third kappa shape index (κ3) is 3.41. The van der Waals surface area contributed by atoms with E-state index in [-0.39, 0.29) is 6.04 Å². The number of aryl methyl sites for hydroxylation is 1. The van der Waals surface area contributed by atoms with Gasteiger partial charge in [-0.2, -0.15) is 0 Å². The Morgan fingerprint density at radius 3 is 2.85 bits per heavy atom. The Balaban J connectivity index is 2.29.